The van der Waals surface area contributed by atoms with Crippen molar-refractivity contribution in [2.45, 2.75) is 46.1 Å². The predicted molar refractivity (Wildman–Crippen MR) is 67.6 cm³/mol. The van der Waals surface area contributed by atoms with E-state index in [1.165, 1.54) is 0 Å². The van der Waals surface area contributed by atoms with E-state index in [1.54, 1.807) is 0 Å². The Bertz CT molecular complexity index is 334. The maximum atomic E-state index is 5.69. The number of anilines is 1. The molecular weight excluding hydrogens is 200 g/mol. The summed E-state index contributed by atoms with van der Waals surface area (Å²) in [5.74, 6) is 2.15. The van der Waals surface area contributed by atoms with Gasteiger partial charge in [0.05, 0.1) is 0 Å². The van der Waals surface area contributed by atoms with Crippen LogP contribution < -0.4 is 11.1 Å². The van der Waals surface area contributed by atoms with E-state index in [2.05, 4.69) is 29.1 Å². The minimum absolute atomic E-state index is 0.222. The highest BCUT2D eigenvalue weighted by Crippen LogP contribution is 2.13. The fourth-order valence-electron chi connectivity index (χ4n) is 1.37. The molecule has 4 heteroatoms. The van der Waals surface area contributed by atoms with Crippen molar-refractivity contribution in [3.63, 3.8) is 0 Å². The molecule has 0 amide bonds. The second-order valence-corrected chi connectivity index (χ2v) is 4.60. The van der Waals surface area contributed by atoms with Gasteiger partial charge in [-0.1, -0.05) is 13.8 Å². The van der Waals surface area contributed by atoms with Crippen LogP contribution in [0, 0.1) is 6.92 Å². The van der Waals surface area contributed by atoms with Crippen molar-refractivity contribution in [3.05, 3.63) is 17.6 Å². The molecule has 0 bridgehead atoms. The molecule has 0 aromatic carbocycles. The van der Waals surface area contributed by atoms with Gasteiger partial charge in [-0.25, -0.2) is 9.97 Å². The molecule has 16 heavy (non-hydrogen) atoms. The third-order valence-corrected chi connectivity index (χ3v) is 2.29. The summed E-state index contributed by atoms with van der Waals surface area (Å²) >= 11 is 0. The average molecular weight is 222 g/mol. The highest BCUT2D eigenvalue weighted by atomic mass is 15.0. The van der Waals surface area contributed by atoms with Crippen LogP contribution in [0.25, 0.3) is 0 Å². The molecule has 0 fully saturated rings. The van der Waals surface area contributed by atoms with Crippen LogP contribution in [0.4, 0.5) is 5.82 Å². The maximum absolute atomic E-state index is 5.69. The van der Waals surface area contributed by atoms with Gasteiger partial charge >= 0.3 is 0 Å². The molecule has 1 heterocycles. The Morgan fingerprint density at radius 1 is 1.31 bits per heavy atom. The summed E-state index contributed by atoms with van der Waals surface area (Å²) in [5.41, 5.74) is 6.69. The zero-order chi connectivity index (χ0) is 12.1. The lowest BCUT2D eigenvalue weighted by Crippen LogP contribution is -2.19. The number of aromatic nitrogens is 2. The number of nitrogens with one attached hydrogen (secondary N) is 1. The fourth-order valence-corrected chi connectivity index (χ4v) is 1.37. The van der Waals surface area contributed by atoms with Gasteiger partial charge in [-0.2, -0.15) is 0 Å². The molecule has 1 aromatic heterocycles. The number of rotatable bonds is 5. The molecule has 0 aliphatic carbocycles. The summed E-state index contributed by atoms with van der Waals surface area (Å²) < 4.78 is 0. The minimum atomic E-state index is 0.222. The fraction of sp³-hybridized carbons (Fsp3) is 0.667. The molecular formula is C12H22N4. The smallest absolute Gasteiger partial charge is 0.133 e. The van der Waals surface area contributed by atoms with Crippen LogP contribution in [0.3, 0.4) is 0 Å². The average Bonchev–Trinajstić information content (AvgIpc) is 2.16. The van der Waals surface area contributed by atoms with Gasteiger partial charge in [-0.05, 0) is 20.3 Å². The Hall–Kier alpha value is -1.16. The first-order valence-corrected chi connectivity index (χ1v) is 5.84. The van der Waals surface area contributed by atoms with Crippen LogP contribution in [0.15, 0.2) is 6.07 Å². The topological polar surface area (TPSA) is 63.8 Å². The van der Waals surface area contributed by atoms with E-state index in [0.29, 0.717) is 5.92 Å². The summed E-state index contributed by atoms with van der Waals surface area (Å²) in [6.45, 7) is 9.05. The summed E-state index contributed by atoms with van der Waals surface area (Å²) in [4.78, 5) is 8.87. The molecule has 90 valence electrons. The molecule has 0 aliphatic rings. The van der Waals surface area contributed by atoms with Crippen molar-refractivity contribution >= 4 is 5.82 Å². The van der Waals surface area contributed by atoms with Crippen LogP contribution in [-0.2, 0) is 0 Å². The molecule has 1 aromatic rings. The first kappa shape index (κ1) is 12.9. The first-order chi connectivity index (χ1) is 7.49. The Balaban J connectivity index is 2.65. The standard InChI is InChI=1S/C12H22N4/c1-8(2)12-15-10(4)7-11(16-12)14-6-5-9(3)13/h7-9H,5-6,13H2,1-4H3,(H,14,15,16). The maximum Gasteiger partial charge on any atom is 0.133 e. The van der Waals surface area contributed by atoms with E-state index >= 15 is 0 Å². The van der Waals surface area contributed by atoms with Crippen LogP contribution in [0.1, 0.15) is 44.6 Å². The highest BCUT2D eigenvalue weighted by molar-refractivity contribution is 5.36. The van der Waals surface area contributed by atoms with Gasteiger partial charge in [0.1, 0.15) is 11.6 Å². The monoisotopic (exact) mass is 222 g/mol. The summed E-state index contributed by atoms with van der Waals surface area (Å²) in [7, 11) is 0. The predicted octanol–water partition coefficient (Wildman–Crippen LogP) is 2.06. The second kappa shape index (κ2) is 5.80. The number of nitrogens with two attached hydrogens (primary N) is 1. The van der Waals surface area contributed by atoms with Crippen molar-refractivity contribution in [1.82, 2.24) is 9.97 Å². The summed E-state index contributed by atoms with van der Waals surface area (Å²) in [6.07, 6.45) is 0.945. The molecule has 0 aliphatic heterocycles. The second-order valence-electron chi connectivity index (χ2n) is 4.60. The zero-order valence-corrected chi connectivity index (χ0v) is 10.6. The van der Waals surface area contributed by atoms with Gasteiger partial charge in [0.2, 0.25) is 0 Å². The van der Waals surface area contributed by atoms with Gasteiger partial charge in [0.15, 0.2) is 0 Å². The van der Waals surface area contributed by atoms with Crippen molar-refractivity contribution in [2.24, 2.45) is 5.73 Å². The van der Waals surface area contributed by atoms with Gasteiger partial charge in [0.25, 0.3) is 0 Å². The molecule has 1 rings (SSSR count). The number of hydrogen-bond donors (Lipinski definition) is 2. The van der Waals surface area contributed by atoms with Crippen LogP contribution >= 0.6 is 0 Å². The van der Waals surface area contributed by atoms with Crippen molar-refractivity contribution in [1.29, 1.82) is 0 Å². The first-order valence-electron chi connectivity index (χ1n) is 5.84. The SMILES string of the molecule is Cc1cc(NCCC(C)N)nc(C(C)C)n1. The molecule has 3 N–H and O–H groups in total. The number of aryl methyl sites for hydroxylation is 1. The third-order valence-electron chi connectivity index (χ3n) is 2.29. The van der Waals surface area contributed by atoms with Gasteiger partial charge in [0, 0.05) is 30.3 Å². The van der Waals surface area contributed by atoms with Gasteiger partial charge < -0.3 is 11.1 Å². The summed E-state index contributed by atoms with van der Waals surface area (Å²) in [5, 5.41) is 3.28. The molecule has 0 saturated heterocycles. The van der Waals surface area contributed by atoms with Gasteiger partial charge in [-0.3, -0.25) is 0 Å². The largest absolute Gasteiger partial charge is 0.370 e. The van der Waals surface area contributed by atoms with E-state index in [4.69, 9.17) is 5.73 Å². The Morgan fingerprint density at radius 3 is 2.56 bits per heavy atom. The van der Waals surface area contributed by atoms with Crippen LogP contribution in [-0.4, -0.2) is 22.6 Å². The third kappa shape index (κ3) is 4.14. The Labute approximate surface area is 97.7 Å². The van der Waals surface area contributed by atoms with Crippen molar-refractivity contribution in [2.75, 3.05) is 11.9 Å². The Kier molecular flexibility index (Phi) is 4.68. The van der Waals surface area contributed by atoms with E-state index in [9.17, 15) is 0 Å². The normalized spacial score (nSPS) is 12.9. The van der Waals surface area contributed by atoms with E-state index in [-0.39, 0.29) is 6.04 Å². The minimum Gasteiger partial charge on any atom is -0.370 e. The number of hydrogen-bond acceptors (Lipinski definition) is 4. The number of nitrogens with zero attached hydrogens (tertiary/aromatic N) is 2. The molecule has 0 spiro atoms. The van der Waals surface area contributed by atoms with Crippen LogP contribution in [0.2, 0.25) is 0 Å². The molecule has 0 radical (unpaired) electrons. The quantitative estimate of drug-likeness (QED) is 0.800. The lowest BCUT2D eigenvalue weighted by Gasteiger charge is -2.11. The van der Waals surface area contributed by atoms with Crippen molar-refractivity contribution in [3.8, 4) is 0 Å². The van der Waals surface area contributed by atoms with Crippen molar-refractivity contribution < 1.29 is 0 Å². The lowest BCUT2D eigenvalue weighted by atomic mass is 10.2. The van der Waals surface area contributed by atoms with E-state index in [1.807, 2.05) is 19.9 Å². The van der Waals surface area contributed by atoms with E-state index in [0.717, 1.165) is 30.3 Å². The molecule has 4 nitrogen and oxygen atoms in total. The lowest BCUT2D eigenvalue weighted by molar-refractivity contribution is 0.687. The highest BCUT2D eigenvalue weighted by Gasteiger charge is 2.05. The van der Waals surface area contributed by atoms with Crippen LogP contribution in [0.5, 0.6) is 0 Å². The Morgan fingerprint density at radius 2 is 2.00 bits per heavy atom. The molecule has 1 unspecified atom stereocenters. The van der Waals surface area contributed by atoms with Gasteiger partial charge in [-0.15, -0.1) is 0 Å². The van der Waals surface area contributed by atoms with E-state index < -0.39 is 0 Å². The molecule has 0 saturated carbocycles. The molecule has 1 atom stereocenters. The summed E-state index contributed by atoms with van der Waals surface area (Å²) in [6, 6.07) is 2.19. The zero-order valence-electron chi connectivity index (χ0n) is 10.6.